The minimum Gasteiger partial charge on any atom is -0.429 e. The first-order valence-corrected chi connectivity index (χ1v) is 16.4. The molecular weight excluding hydrogens is 620 g/mol. The maximum Gasteiger partial charge on any atom is 0.422 e. The molecule has 2 heterocycles. The summed E-state index contributed by atoms with van der Waals surface area (Å²) in [4.78, 5) is 34.3. The monoisotopic (exact) mass is 657 g/mol. The van der Waals surface area contributed by atoms with E-state index in [9.17, 15) is 18.4 Å². The van der Waals surface area contributed by atoms with Crippen LogP contribution in [-0.4, -0.2) is 43.5 Å². The Morgan fingerprint density at radius 3 is 2.64 bits per heavy atom. The Balaban J connectivity index is 1.23. The van der Waals surface area contributed by atoms with Crippen LogP contribution in [0.15, 0.2) is 90.2 Å². The number of thioether (sulfide) groups is 1. The third-order valence-corrected chi connectivity index (χ3v) is 8.92. The smallest absolute Gasteiger partial charge is 0.422 e. The molecule has 5 rings (SSSR count). The van der Waals surface area contributed by atoms with Gasteiger partial charge in [-0.2, -0.15) is 13.8 Å². The van der Waals surface area contributed by atoms with Gasteiger partial charge in [0.15, 0.2) is 5.82 Å². The number of nitrogens with one attached hydrogen (secondary N) is 1. The van der Waals surface area contributed by atoms with Gasteiger partial charge in [0, 0.05) is 29.3 Å². The van der Waals surface area contributed by atoms with Gasteiger partial charge in [0.25, 0.3) is 0 Å². The first-order chi connectivity index (χ1) is 22.4. The molecule has 1 aliphatic rings. The highest BCUT2D eigenvalue weighted by molar-refractivity contribution is 8.14. The number of ketones is 1. The maximum absolute atomic E-state index is 14.0. The van der Waals surface area contributed by atoms with Gasteiger partial charge < -0.3 is 10.1 Å². The van der Waals surface area contributed by atoms with Gasteiger partial charge in [-0.25, -0.2) is 14.5 Å². The van der Waals surface area contributed by atoms with E-state index in [2.05, 4.69) is 65.9 Å². The molecule has 1 fully saturated rings. The van der Waals surface area contributed by atoms with Crippen molar-refractivity contribution in [3.05, 3.63) is 102 Å². The van der Waals surface area contributed by atoms with Crippen molar-refractivity contribution in [1.82, 2.24) is 14.8 Å². The van der Waals surface area contributed by atoms with Crippen molar-refractivity contribution < 1.29 is 23.1 Å². The molecule has 1 atom stereocenters. The van der Waals surface area contributed by atoms with Crippen molar-refractivity contribution >= 4 is 34.3 Å². The predicted molar refractivity (Wildman–Crippen MR) is 183 cm³/mol. The van der Waals surface area contributed by atoms with Crippen molar-refractivity contribution in [2.75, 3.05) is 11.1 Å². The van der Waals surface area contributed by atoms with E-state index in [1.807, 2.05) is 0 Å². The largest absolute Gasteiger partial charge is 0.429 e. The van der Waals surface area contributed by atoms with Gasteiger partial charge in [-0.1, -0.05) is 50.3 Å². The molecular formula is C36H37F2N5O3S. The number of halogens is 2. The van der Waals surface area contributed by atoms with Gasteiger partial charge in [0.05, 0.1) is 16.5 Å². The lowest BCUT2D eigenvalue weighted by molar-refractivity contribution is -0.141. The highest BCUT2D eigenvalue weighted by Crippen LogP contribution is 2.35. The molecule has 47 heavy (non-hydrogen) atoms. The Kier molecular flexibility index (Phi) is 10.3. The van der Waals surface area contributed by atoms with Crippen molar-refractivity contribution in [2.24, 2.45) is 4.99 Å². The van der Waals surface area contributed by atoms with E-state index in [-0.39, 0.29) is 23.2 Å². The second kappa shape index (κ2) is 14.4. The number of nitrogens with zero attached hydrogens (tertiary/aromatic N) is 4. The summed E-state index contributed by atoms with van der Waals surface area (Å²) in [5.74, 6) is 1.24. The third-order valence-electron chi connectivity index (χ3n) is 7.82. The van der Waals surface area contributed by atoms with Crippen LogP contribution < -0.4 is 10.1 Å². The normalized spacial score (nSPS) is 16.5. The molecule has 0 radical (unpaired) electrons. The molecule has 3 aromatic carbocycles. The van der Waals surface area contributed by atoms with Gasteiger partial charge in [-0.05, 0) is 86.1 Å². The average molecular weight is 658 g/mol. The van der Waals surface area contributed by atoms with E-state index < -0.39 is 17.7 Å². The molecule has 1 aliphatic heterocycles. The van der Waals surface area contributed by atoms with Crippen molar-refractivity contribution in [3.63, 3.8) is 0 Å². The van der Waals surface area contributed by atoms with Crippen LogP contribution >= 0.6 is 11.8 Å². The summed E-state index contributed by atoms with van der Waals surface area (Å²) in [7, 11) is 0. The van der Waals surface area contributed by atoms with E-state index in [4.69, 9.17) is 4.74 Å². The molecule has 244 valence electrons. The molecule has 4 aromatic rings. The second-order valence-corrected chi connectivity index (χ2v) is 13.0. The molecule has 1 N–H and O–H groups in total. The zero-order chi connectivity index (χ0) is 33.7. The number of ether oxygens (including phenoxy) is 1. The van der Waals surface area contributed by atoms with Crippen LogP contribution in [0.4, 0.5) is 19.3 Å². The predicted octanol–water partition coefficient (Wildman–Crippen LogP) is 9.11. The summed E-state index contributed by atoms with van der Waals surface area (Å²) in [5.41, 5.74) is 4.95. The van der Waals surface area contributed by atoms with Gasteiger partial charge in [-0.15, -0.1) is 16.9 Å². The molecule has 8 nitrogen and oxygen atoms in total. The minimum atomic E-state index is -3.50. The van der Waals surface area contributed by atoms with Crippen LogP contribution in [0.5, 0.6) is 5.75 Å². The summed E-state index contributed by atoms with van der Waals surface area (Å²) in [5, 5.41) is 7.91. The quantitative estimate of drug-likeness (QED) is 0.190. The van der Waals surface area contributed by atoms with Crippen molar-refractivity contribution in [1.29, 1.82) is 0 Å². The average Bonchev–Trinajstić information content (AvgIpc) is 3.51. The number of anilines is 1. The molecule has 0 spiro atoms. The molecule has 1 aromatic heterocycles. The van der Waals surface area contributed by atoms with E-state index in [0.717, 1.165) is 6.42 Å². The third kappa shape index (κ3) is 8.59. The topological polar surface area (TPSA) is 98.5 Å². The fraction of sp³-hybridized carbons (Fsp3) is 0.306. The van der Waals surface area contributed by atoms with Crippen LogP contribution in [0, 0.1) is 6.92 Å². The maximum atomic E-state index is 14.0. The summed E-state index contributed by atoms with van der Waals surface area (Å²) >= 11 is 1.33. The van der Waals surface area contributed by atoms with Crippen LogP contribution in [0.3, 0.4) is 0 Å². The lowest BCUT2D eigenvalue weighted by atomic mass is 9.83. The number of urea groups is 1. The number of alkyl halides is 2. The minimum absolute atomic E-state index is 0.0352. The number of aliphatic imine (C=N–C) groups is 1. The van der Waals surface area contributed by atoms with Crippen LogP contribution in [0.1, 0.15) is 68.6 Å². The zero-order valence-corrected chi connectivity index (χ0v) is 27.6. The Bertz CT molecular complexity index is 1820. The number of hydrogen-bond donors (Lipinski definition) is 1. The highest BCUT2D eigenvalue weighted by atomic mass is 32.2. The Hall–Kier alpha value is -4.64. The number of hydrogen-bond acceptors (Lipinski definition) is 6. The number of Topliss-reactive ketones (excluding diaryl/α,β-unsaturated/α-hetero) is 1. The van der Waals surface area contributed by atoms with E-state index in [0.29, 0.717) is 46.6 Å². The summed E-state index contributed by atoms with van der Waals surface area (Å²) in [6.45, 7) is 10.9. The SMILES string of the molecule is C=C(C)C(F)(F)Oc1cccc(-n2cnc(-c3ccc(NC(=O)/N=C4/CCC(c5cc(C)ccc5C(C)C)CC(=O)CS4)cc3)n2)c1. The second-order valence-electron chi connectivity index (χ2n) is 12.0. The Morgan fingerprint density at radius 2 is 1.91 bits per heavy atom. The molecule has 1 saturated heterocycles. The number of carbonyl (C=O) groups is 2. The van der Waals surface area contributed by atoms with E-state index in [1.165, 1.54) is 58.5 Å². The summed E-state index contributed by atoms with van der Waals surface area (Å²) in [6.07, 6.45) is -0.183. The first-order valence-electron chi connectivity index (χ1n) is 15.4. The van der Waals surface area contributed by atoms with Gasteiger partial charge in [-0.3, -0.25) is 4.79 Å². The molecule has 1 unspecified atom stereocenters. The number of amides is 2. The molecule has 0 bridgehead atoms. The Labute approximate surface area is 277 Å². The molecule has 0 aliphatic carbocycles. The van der Waals surface area contributed by atoms with Crippen molar-refractivity contribution in [2.45, 2.75) is 64.9 Å². The number of aryl methyl sites for hydroxylation is 1. The fourth-order valence-corrected chi connectivity index (χ4v) is 6.16. The number of aromatic nitrogens is 3. The number of carbonyl (C=O) groups excluding carboxylic acids is 2. The molecule has 2 amide bonds. The lowest BCUT2D eigenvalue weighted by Gasteiger charge is -2.24. The van der Waals surface area contributed by atoms with E-state index >= 15 is 0 Å². The zero-order valence-electron chi connectivity index (χ0n) is 26.8. The van der Waals surface area contributed by atoms with Crippen LogP contribution in [-0.2, 0) is 4.79 Å². The Morgan fingerprint density at radius 1 is 1.15 bits per heavy atom. The molecule has 11 heteroatoms. The number of benzene rings is 3. The standard InChI is InChI=1S/C36H37F2N5O3S/c1-22(2)31-15-9-24(5)17-32(31)26-12-16-33(47-20-29(44)18-26)41-35(45)40-27-13-10-25(11-14-27)34-39-21-43(42-34)28-7-6-8-30(19-28)46-36(37,38)23(3)4/h6-11,13-15,17,19,21-22,26H,3,12,16,18,20H2,1-2,4-5H3,(H,40,45)/b41-33-. The summed E-state index contributed by atoms with van der Waals surface area (Å²) < 4.78 is 34.2. The highest BCUT2D eigenvalue weighted by Gasteiger charge is 2.33. The van der Waals surface area contributed by atoms with Crippen LogP contribution in [0.25, 0.3) is 17.1 Å². The van der Waals surface area contributed by atoms with Gasteiger partial charge in [0.1, 0.15) is 17.9 Å². The van der Waals surface area contributed by atoms with Crippen LogP contribution in [0.2, 0.25) is 0 Å². The molecule has 0 saturated carbocycles. The fourth-order valence-electron chi connectivity index (χ4n) is 5.31. The van der Waals surface area contributed by atoms with Gasteiger partial charge in [0.2, 0.25) is 0 Å². The first kappa shape index (κ1) is 33.7. The van der Waals surface area contributed by atoms with Gasteiger partial charge >= 0.3 is 12.1 Å². The van der Waals surface area contributed by atoms with Crippen molar-refractivity contribution in [3.8, 4) is 22.8 Å². The lowest BCUT2D eigenvalue weighted by Crippen LogP contribution is -2.25. The number of rotatable bonds is 8. The summed E-state index contributed by atoms with van der Waals surface area (Å²) in [6, 6.07) is 19.1. The van der Waals surface area contributed by atoms with E-state index in [1.54, 1.807) is 36.4 Å².